The second-order valence-electron chi connectivity index (χ2n) is 4.93. The SMILES string of the molecule is CC(NC1CCCC(O)C1)c1ccccc1Br. The zero-order valence-corrected chi connectivity index (χ0v) is 11.8. The lowest BCUT2D eigenvalue weighted by Crippen LogP contribution is -2.37. The van der Waals surface area contributed by atoms with E-state index >= 15 is 0 Å². The highest BCUT2D eigenvalue weighted by molar-refractivity contribution is 9.10. The highest BCUT2D eigenvalue weighted by atomic mass is 79.9. The fraction of sp³-hybridized carbons (Fsp3) is 0.571. The van der Waals surface area contributed by atoms with Crippen LogP contribution in [0.3, 0.4) is 0 Å². The van der Waals surface area contributed by atoms with Gasteiger partial charge in [0.1, 0.15) is 0 Å². The van der Waals surface area contributed by atoms with Crippen LogP contribution in [0.4, 0.5) is 0 Å². The van der Waals surface area contributed by atoms with E-state index in [-0.39, 0.29) is 6.10 Å². The quantitative estimate of drug-likeness (QED) is 0.896. The molecule has 0 bridgehead atoms. The van der Waals surface area contributed by atoms with Crippen LogP contribution in [-0.4, -0.2) is 17.3 Å². The Bertz CT molecular complexity index is 369. The summed E-state index contributed by atoms with van der Waals surface area (Å²) in [7, 11) is 0. The molecule has 2 rings (SSSR count). The molecule has 94 valence electrons. The Labute approximate surface area is 112 Å². The Kier molecular flexibility index (Phi) is 4.60. The molecule has 1 aromatic rings. The summed E-state index contributed by atoms with van der Waals surface area (Å²) in [4.78, 5) is 0. The van der Waals surface area contributed by atoms with Crippen LogP contribution in [0.15, 0.2) is 28.7 Å². The summed E-state index contributed by atoms with van der Waals surface area (Å²) in [5.41, 5.74) is 1.28. The standard InChI is InChI=1S/C14H20BrNO/c1-10(13-7-2-3-8-14(13)15)16-11-5-4-6-12(17)9-11/h2-3,7-8,10-12,16-17H,4-6,9H2,1H3. The molecule has 17 heavy (non-hydrogen) atoms. The minimum absolute atomic E-state index is 0.118. The maximum absolute atomic E-state index is 9.67. The molecule has 3 atom stereocenters. The van der Waals surface area contributed by atoms with Gasteiger partial charge in [-0.15, -0.1) is 0 Å². The van der Waals surface area contributed by atoms with Crippen LogP contribution in [0.2, 0.25) is 0 Å². The van der Waals surface area contributed by atoms with Gasteiger partial charge in [0, 0.05) is 16.6 Å². The van der Waals surface area contributed by atoms with Crippen LogP contribution in [-0.2, 0) is 0 Å². The summed E-state index contributed by atoms with van der Waals surface area (Å²) in [5.74, 6) is 0. The Hall–Kier alpha value is -0.380. The molecule has 0 saturated heterocycles. The van der Waals surface area contributed by atoms with Crippen molar-refractivity contribution in [3.05, 3.63) is 34.3 Å². The topological polar surface area (TPSA) is 32.3 Å². The monoisotopic (exact) mass is 297 g/mol. The molecule has 1 aliphatic carbocycles. The molecule has 2 nitrogen and oxygen atoms in total. The first-order valence-electron chi connectivity index (χ1n) is 6.35. The molecule has 3 unspecified atom stereocenters. The van der Waals surface area contributed by atoms with Crippen molar-refractivity contribution >= 4 is 15.9 Å². The Morgan fingerprint density at radius 3 is 2.82 bits per heavy atom. The Balaban J connectivity index is 1.97. The van der Waals surface area contributed by atoms with E-state index in [2.05, 4.69) is 46.4 Å². The number of aliphatic hydroxyl groups is 1. The number of hydrogen-bond donors (Lipinski definition) is 2. The van der Waals surface area contributed by atoms with Gasteiger partial charge in [-0.3, -0.25) is 0 Å². The normalized spacial score (nSPS) is 26.8. The van der Waals surface area contributed by atoms with Crippen molar-refractivity contribution in [1.29, 1.82) is 0 Å². The van der Waals surface area contributed by atoms with E-state index < -0.39 is 0 Å². The van der Waals surface area contributed by atoms with E-state index in [1.54, 1.807) is 0 Å². The second-order valence-corrected chi connectivity index (χ2v) is 5.78. The fourth-order valence-corrected chi connectivity index (χ4v) is 3.21. The number of nitrogens with one attached hydrogen (secondary N) is 1. The molecule has 1 fully saturated rings. The van der Waals surface area contributed by atoms with Crippen molar-refractivity contribution in [3.63, 3.8) is 0 Å². The number of halogens is 1. The van der Waals surface area contributed by atoms with E-state index in [0.717, 1.165) is 23.7 Å². The number of benzene rings is 1. The van der Waals surface area contributed by atoms with Gasteiger partial charge in [-0.25, -0.2) is 0 Å². The van der Waals surface area contributed by atoms with Crippen molar-refractivity contribution in [2.75, 3.05) is 0 Å². The lowest BCUT2D eigenvalue weighted by atomic mass is 9.92. The summed E-state index contributed by atoms with van der Waals surface area (Å²) in [6, 6.07) is 9.07. The Morgan fingerprint density at radius 1 is 1.35 bits per heavy atom. The fourth-order valence-electron chi connectivity index (χ4n) is 2.58. The zero-order chi connectivity index (χ0) is 12.3. The number of hydrogen-bond acceptors (Lipinski definition) is 2. The average molecular weight is 298 g/mol. The third kappa shape index (κ3) is 3.54. The molecule has 0 radical (unpaired) electrons. The van der Waals surface area contributed by atoms with Crippen LogP contribution in [0.1, 0.15) is 44.2 Å². The number of aliphatic hydroxyl groups excluding tert-OH is 1. The maximum atomic E-state index is 9.67. The smallest absolute Gasteiger partial charge is 0.0555 e. The predicted octanol–water partition coefficient (Wildman–Crippen LogP) is 3.40. The summed E-state index contributed by atoms with van der Waals surface area (Å²) >= 11 is 3.58. The van der Waals surface area contributed by atoms with Gasteiger partial charge in [-0.1, -0.05) is 34.1 Å². The van der Waals surface area contributed by atoms with Gasteiger partial charge < -0.3 is 10.4 Å². The van der Waals surface area contributed by atoms with Crippen molar-refractivity contribution < 1.29 is 5.11 Å². The van der Waals surface area contributed by atoms with Gasteiger partial charge in [0.05, 0.1) is 6.10 Å². The second kappa shape index (κ2) is 5.98. The van der Waals surface area contributed by atoms with Crippen molar-refractivity contribution in [2.24, 2.45) is 0 Å². The van der Waals surface area contributed by atoms with Gasteiger partial charge >= 0.3 is 0 Å². The summed E-state index contributed by atoms with van der Waals surface area (Å²) in [6.07, 6.45) is 4.02. The minimum Gasteiger partial charge on any atom is -0.393 e. The zero-order valence-electron chi connectivity index (χ0n) is 10.2. The van der Waals surface area contributed by atoms with E-state index in [0.29, 0.717) is 12.1 Å². The van der Waals surface area contributed by atoms with Crippen molar-refractivity contribution in [1.82, 2.24) is 5.32 Å². The first-order chi connectivity index (χ1) is 8.16. The lowest BCUT2D eigenvalue weighted by Gasteiger charge is -2.30. The summed E-state index contributed by atoms with van der Waals surface area (Å²) in [5, 5.41) is 13.3. The van der Waals surface area contributed by atoms with Gasteiger partial charge in [0.25, 0.3) is 0 Å². The third-order valence-corrected chi connectivity index (χ3v) is 4.23. The van der Waals surface area contributed by atoms with Gasteiger partial charge in [-0.05, 0) is 44.2 Å². The molecule has 1 aromatic carbocycles. The van der Waals surface area contributed by atoms with Crippen LogP contribution in [0.5, 0.6) is 0 Å². The predicted molar refractivity (Wildman–Crippen MR) is 74.0 cm³/mol. The van der Waals surface area contributed by atoms with Crippen molar-refractivity contribution in [2.45, 2.75) is 50.8 Å². The third-order valence-electron chi connectivity index (χ3n) is 3.50. The van der Waals surface area contributed by atoms with Gasteiger partial charge in [-0.2, -0.15) is 0 Å². The lowest BCUT2D eigenvalue weighted by molar-refractivity contribution is 0.109. The first kappa shape index (κ1) is 13.1. The molecule has 3 heteroatoms. The number of rotatable bonds is 3. The molecule has 0 spiro atoms. The molecule has 0 aromatic heterocycles. The van der Waals surface area contributed by atoms with Gasteiger partial charge in [0.15, 0.2) is 0 Å². The molecule has 0 heterocycles. The molecular weight excluding hydrogens is 278 g/mol. The molecule has 1 aliphatic rings. The Morgan fingerprint density at radius 2 is 2.12 bits per heavy atom. The molecule has 1 saturated carbocycles. The van der Waals surface area contributed by atoms with E-state index in [4.69, 9.17) is 0 Å². The largest absolute Gasteiger partial charge is 0.393 e. The summed E-state index contributed by atoms with van der Waals surface area (Å²) in [6.45, 7) is 2.18. The molecule has 2 N–H and O–H groups in total. The highest BCUT2D eigenvalue weighted by Crippen LogP contribution is 2.26. The van der Waals surface area contributed by atoms with Crippen LogP contribution in [0, 0.1) is 0 Å². The van der Waals surface area contributed by atoms with Crippen molar-refractivity contribution in [3.8, 4) is 0 Å². The van der Waals surface area contributed by atoms with Crippen LogP contribution in [0.25, 0.3) is 0 Å². The van der Waals surface area contributed by atoms with E-state index in [9.17, 15) is 5.11 Å². The maximum Gasteiger partial charge on any atom is 0.0555 e. The summed E-state index contributed by atoms with van der Waals surface area (Å²) < 4.78 is 1.15. The molecule has 0 aliphatic heterocycles. The van der Waals surface area contributed by atoms with E-state index in [1.807, 2.05) is 6.07 Å². The average Bonchev–Trinajstić information content (AvgIpc) is 2.29. The van der Waals surface area contributed by atoms with Gasteiger partial charge in [0.2, 0.25) is 0 Å². The molecular formula is C14H20BrNO. The van der Waals surface area contributed by atoms with E-state index in [1.165, 1.54) is 12.0 Å². The minimum atomic E-state index is -0.118. The van der Waals surface area contributed by atoms with Crippen LogP contribution < -0.4 is 5.32 Å². The molecule has 0 amide bonds. The van der Waals surface area contributed by atoms with Crippen LogP contribution >= 0.6 is 15.9 Å². The first-order valence-corrected chi connectivity index (χ1v) is 7.14. The highest BCUT2D eigenvalue weighted by Gasteiger charge is 2.22.